The molecule has 0 N–H and O–H groups in total. The molecule has 3 heteroatoms. The van der Waals surface area contributed by atoms with E-state index in [2.05, 4.69) is 216 Å². The number of anilines is 3. The van der Waals surface area contributed by atoms with Crippen LogP contribution in [0, 0.1) is 0 Å². The number of hydrogen-bond donors (Lipinski definition) is 0. The number of hydrogen-bond acceptors (Lipinski definition) is 2. The molecule has 57 heavy (non-hydrogen) atoms. The second kappa shape index (κ2) is 13.6. The van der Waals surface area contributed by atoms with Crippen molar-refractivity contribution in [3.63, 3.8) is 0 Å². The highest BCUT2D eigenvalue weighted by Crippen LogP contribution is 2.41. The van der Waals surface area contributed by atoms with Crippen molar-refractivity contribution in [2.75, 3.05) is 4.90 Å². The summed E-state index contributed by atoms with van der Waals surface area (Å²) >= 11 is 0. The summed E-state index contributed by atoms with van der Waals surface area (Å²) in [5.74, 6) is 0. The first-order chi connectivity index (χ1) is 28.3. The van der Waals surface area contributed by atoms with Crippen LogP contribution in [0.3, 0.4) is 0 Å². The van der Waals surface area contributed by atoms with Crippen molar-refractivity contribution < 1.29 is 4.42 Å². The van der Waals surface area contributed by atoms with Crippen molar-refractivity contribution in [2.45, 2.75) is 0 Å². The average molecular weight is 729 g/mol. The zero-order valence-corrected chi connectivity index (χ0v) is 31.1. The Morgan fingerprint density at radius 1 is 0.316 bits per heavy atom. The first-order valence-electron chi connectivity index (χ1n) is 19.4. The predicted molar refractivity (Wildman–Crippen MR) is 239 cm³/mol. The number of fused-ring (bicyclic) bond motifs is 6. The summed E-state index contributed by atoms with van der Waals surface area (Å²) in [6, 6.07) is 78.1. The zero-order chi connectivity index (χ0) is 37.7. The van der Waals surface area contributed by atoms with E-state index in [0.29, 0.717) is 0 Å². The molecule has 2 heterocycles. The van der Waals surface area contributed by atoms with E-state index in [4.69, 9.17) is 4.42 Å². The molecule has 0 aliphatic heterocycles. The summed E-state index contributed by atoms with van der Waals surface area (Å²) < 4.78 is 8.88. The van der Waals surface area contributed by atoms with Crippen LogP contribution in [0.1, 0.15) is 0 Å². The molecule has 2 aromatic heterocycles. The van der Waals surface area contributed by atoms with E-state index in [1.165, 1.54) is 38.6 Å². The smallest absolute Gasteiger partial charge is 0.159 e. The standard InChI is InChI=1S/C54H36N2O/c1-3-13-37(14-4-1)39-25-30-43(31-26-39)55(45-18-11-17-41(35-45)38-15-5-2-6-16-38)44-32-27-40(28-33-44)42-29-34-51-49(36-42)46-19-7-9-22-50(46)56(51)52-23-12-21-48-47-20-8-10-24-53(47)57-54(48)52/h1-36H. The van der Waals surface area contributed by atoms with Crippen LogP contribution in [0.2, 0.25) is 0 Å². The fraction of sp³-hybridized carbons (Fsp3) is 0. The number of para-hydroxylation sites is 3. The molecule has 0 amide bonds. The second-order valence-electron chi connectivity index (χ2n) is 14.5. The van der Waals surface area contributed by atoms with Crippen molar-refractivity contribution >= 4 is 60.8 Å². The number of aromatic nitrogens is 1. The number of benzene rings is 9. The molecule has 0 fully saturated rings. The van der Waals surface area contributed by atoms with Gasteiger partial charge in [-0.25, -0.2) is 0 Å². The van der Waals surface area contributed by atoms with E-state index in [0.717, 1.165) is 61.3 Å². The number of furan rings is 1. The fourth-order valence-corrected chi connectivity index (χ4v) is 8.46. The predicted octanol–water partition coefficient (Wildman–Crippen LogP) is 15.2. The minimum absolute atomic E-state index is 0.898. The molecule has 0 saturated carbocycles. The number of nitrogens with zero attached hydrogens (tertiary/aromatic N) is 2. The largest absolute Gasteiger partial charge is 0.454 e. The molecule has 11 aromatic rings. The molecule has 0 spiro atoms. The van der Waals surface area contributed by atoms with Gasteiger partial charge in [-0.05, 0) is 100 Å². The quantitative estimate of drug-likeness (QED) is 0.163. The van der Waals surface area contributed by atoms with Crippen LogP contribution in [0.15, 0.2) is 223 Å². The van der Waals surface area contributed by atoms with Gasteiger partial charge in [0.1, 0.15) is 5.58 Å². The summed E-state index contributed by atoms with van der Waals surface area (Å²) in [6.45, 7) is 0. The summed E-state index contributed by atoms with van der Waals surface area (Å²) in [7, 11) is 0. The SMILES string of the molecule is c1ccc(-c2ccc(N(c3ccc(-c4ccc5c(c4)c4ccccc4n5-c4cccc5c4oc4ccccc45)cc3)c3cccc(-c4ccccc4)c3)cc2)cc1. The third-order valence-corrected chi connectivity index (χ3v) is 11.2. The lowest BCUT2D eigenvalue weighted by atomic mass is 10.0. The molecule has 0 aliphatic rings. The van der Waals surface area contributed by atoms with Crippen LogP contribution in [0.4, 0.5) is 17.1 Å². The maximum atomic E-state index is 6.52. The molecule has 0 bridgehead atoms. The van der Waals surface area contributed by atoms with Crippen molar-refractivity contribution in [1.29, 1.82) is 0 Å². The summed E-state index contributed by atoms with van der Waals surface area (Å²) in [5.41, 5.74) is 15.5. The zero-order valence-electron chi connectivity index (χ0n) is 31.1. The summed E-state index contributed by atoms with van der Waals surface area (Å²) in [6.07, 6.45) is 0. The van der Waals surface area contributed by atoms with Crippen molar-refractivity contribution in [3.05, 3.63) is 218 Å². The Morgan fingerprint density at radius 2 is 0.825 bits per heavy atom. The molecular weight excluding hydrogens is 693 g/mol. The van der Waals surface area contributed by atoms with Crippen LogP contribution >= 0.6 is 0 Å². The lowest BCUT2D eigenvalue weighted by Gasteiger charge is -2.26. The minimum atomic E-state index is 0.898. The molecule has 3 nitrogen and oxygen atoms in total. The fourth-order valence-electron chi connectivity index (χ4n) is 8.46. The molecule has 0 atom stereocenters. The second-order valence-corrected chi connectivity index (χ2v) is 14.5. The number of rotatable bonds is 7. The van der Waals surface area contributed by atoms with E-state index in [1.54, 1.807) is 0 Å². The summed E-state index contributed by atoms with van der Waals surface area (Å²) in [4.78, 5) is 2.35. The minimum Gasteiger partial charge on any atom is -0.454 e. The van der Waals surface area contributed by atoms with Crippen LogP contribution in [0.5, 0.6) is 0 Å². The maximum Gasteiger partial charge on any atom is 0.159 e. The van der Waals surface area contributed by atoms with Crippen LogP contribution in [-0.2, 0) is 0 Å². The van der Waals surface area contributed by atoms with Crippen LogP contribution in [-0.4, -0.2) is 4.57 Å². The molecule has 11 rings (SSSR count). The van der Waals surface area contributed by atoms with Gasteiger partial charge in [0.05, 0.1) is 16.7 Å². The van der Waals surface area contributed by atoms with Gasteiger partial charge in [0, 0.05) is 38.6 Å². The van der Waals surface area contributed by atoms with E-state index in [9.17, 15) is 0 Å². The third kappa shape index (κ3) is 5.68. The van der Waals surface area contributed by atoms with E-state index >= 15 is 0 Å². The topological polar surface area (TPSA) is 21.3 Å². The lowest BCUT2D eigenvalue weighted by Crippen LogP contribution is -2.10. The highest BCUT2D eigenvalue weighted by molar-refractivity contribution is 6.13. The monoisotopic (exact) mass is 728 g/mol. The Morgan fingerprint density at radius 3 is 1.56 bits per heavy atom. The Kier molecular flexibility index (Phi) is 7.82. The highest BCUT2D eigenvalue weighted by atomic mass is 16.3. The molecule has 0 radical (unpaired) electrons. The van der Waals surface area contributed by atoms with Gasteiger partial charge < -0.3 is 13.9 Å². The van der Waals surface area contributed by atoms with E-state index in [-0.39, 0.29) is 0 Å². The van der Waals surface area contributed by atoms with Gasteiger partial charge in [0.2, 0.25) is 0 Å². The molecule has 0 unspecified atom stereocenters. The molecular formula is C54H36N2O. The first kappa shape index (κ1) is 32.8. The molecule has 0 aliphatic carbocycles. The summed E-state index contributed by atoms with van der Waals surface area (Å²) in [5, 5.41) is 4.67. The third-order valence-electron chi connectivity index (χ3n) is 11.2. The van der Waals surface area contributed by atoms with Crippen LogP contribution < -0.4 is 4.90 Å². The molecule has 0 saturated heterocycles. The highest BCUT2D eigenvalue weighted by Gasteiger charge is 2.19. The Labute approximate surface area is 330 Å². The van der Waals surface area contributed by atoms with Crippen molar-refractivity contribution in [1.82, 2.24) is 4.57 Å². The van der Waals surface area contributed by atoms with E-state index in [1.807, 2.05) is 12.1 Å². The first-order valence-corrected chi connectivity index (χ1v) is 19.4. The van der Waals surface area contributed by atoms with Crippen LogP contribution in [0.25, 0.3) is 82.8 Å². The van der Waals surface area contributed by atoms with Crippen molar-refractivity contribution in [2.24, 2.45) is 0 Å². The normalized spacial score (nSPS) is 11.5. The van der Waals surface area contributed by atoms with Gasteiger partial charge >= 0.3 is 0 Å². The Bertz CT molecular complexity index is 3210. The van der Waals surface area contributed by atoms with Gasteiger partial charge in [-0.1, -0.05) is 152 Å². The lowest BCUT2D eigenvalue weighted by molar-refractivity contribution is 0.666. The van der Waals surface area contributed by atoms with E-state index < -0.39 is 0 Å². The van der Waals surface area contributed by atoms with Gasteiger partial charge in [-0.3, -0.25) is 0 Å². The maximum absolute atomic E-state index is 6.52. The van der Waals surface area contributed by atoms with Gasteiger partial charge in [-0.2, -0.15) is 0 Å². The van der Waals surface area contributed by atoms with Gasteiger partial charge in [0.25, 0.3) is 0 Å². The Hall–Kier alpha value is -7.62. The average Bonchev–Trinajstić information content (AvgIpc) is 3.83. The molecule has 268 valence electrons. The molecule has 9 aromatic carbocycles. The Balaban J connectivity index is 1.00. The van der Waals surface area contributed by atoms with Gasteiger partial charge in [-0.15, -0.1) is 0 Å². The van der Waals surface area contributed by atoms with Gasteiger partial charge in [0.15, 0.2) is 5.58 Å². The van der Waals surface area contributed by atoms with Crippen molar-refractivity contribution in [3.8, 4) is 39.1 Å².